The average molecular weight is 195 g/mol. The first-order chi connectivity index (χ1) is 6.27. The summed E-state index contributed by atoms with van der Waals surface area (Å²) in [5.74, 6) is 0. The fraction of sp³-hybridized carbons (Fsp3) is 0.556. The van der Waals surface area contributed by atoms with E-state index in [-0.39, 0.29) is 6.04 Å². The Balaban J connectivity index is 2.50. The van der Waals surface area contributed by atoms with Gasteiger partial charge in [-0.2, -0.15) is 5.26 Å². The van der Waals surface area contributed by atoms with E-state index >= 15 is 0 Å². The maximum atomic E-state index is 8.82. The van der Waals surface area contributed by atoms with Crippen molar-refractivity contribution in [2.75, 3.05) is 7.05 Å². The van der Waals surface area contributed by atoms with Crippen LogP contribution in [0.25, 0.3) is 0 Å². The fourth-order valence-electron chi connectivity index (χ4n) is 1.18. The molecule has 1 atom stereocenters. The fourth-order valence-corrected chi connectivity index (χ4v) is 1.73. The van der Waals surface area contributed by atoms with Crippen molar-refractivity contribution < 1.29 is 0 Å². The molecule has 1 rings (SSSR count). The second kappa shape index (κ2) is 4.95. The number of rotatable bonds is 4. The Labute approximate surface area is 82.6 Å². The van der Waals surface area contributed by atoms with Gasteiger partial charge in [0.15, 0.2) is 0 Å². The molecule has 1 aromatic heterocycles. The summed E-state index contributed by atoms with van der Waals surface area (Å²) in [4.78, 5) is 6.20. The molecule has 0 aliphatic rings. The molecular formula is C9H13N3S. The zero-order valence-electron chi connectivity index (χ0n) is 7.90. The molecule has 1 unspecified atom stereocenters. The van der Waals surface area contributed by atoms with E-state index in [1.807, 2.05) is 29.8 Å². The zero-order chi connectivity index (χ0) is 9.68. The van der Waals surface area contributed by atoms with Gasteiger partial charge in [-0.15, -0.1) is 11.3 Å². The van der Waals surface area contributed by atoms with Gasteiger partial charge in [-0.25, -0.2) is 4.98 Å². The van der Waals surface area contributed by atoms with E-state index in [2.05, 4.69) is 11.1 Å². The Bertz CT molecular complexity index is 276. The summed E-state index contributed by atoms with van der Waals surface area (Å²) in [6.07, 6.45) is 0.858. The van der Waals surface area contributed by atoms with Gasteiger partial charge in [-0.05, 0) is 13.5 Å². The number of hydrogen-bond donors (Lipinski definition) is 0. The van der Waals surface area contributed by atoms with Gasteiger partial charge in [-0.1, -0.05) is 6.92 Å². The minimum atomic E-state index is 0.00157. The summed E-state index contributed by atoms with van der Waals surface area (Å²) in [5.41, 5.74) is 2.86. The normalized spacial score (nSPS) is 12.8. The maximum absolute atomic E-state index is 8.82. The lowest BCUT2D eigenvalue weighted by Gasteiger charge is -2.19. The minimum Gasteiger partial charge on any atom is -0.285 e. The molecule has 1 aromatic rings. The Morgan fingerprint density at radius 2 is 2.54 bits per heavy atom. The zero-order valence-corrected chi connectivity index (χ0v) is 8.71. The van der Waals surface area contributed by atoms with Crippen LogP contribution in [-0.4, -0.2) is 23.0 Å². The third kappa shape index (κ3) is 2.79. The van der Waals surface area contributed by atoms with E-state index in [9.17, 15) is 0 Å². The van der Waals surface area contributed by atoms with E-state index in [4.69, 9.17) is 5.26 Å². The quantitative estimate of drug-likeness (QED) is 0.736. The first-order valence-corrected chi connectivity index (χ1v) is 5.19. The lowest BCUT2D eigenvalue weighted by Crippen LogP contribution is -2.29. The van der Waals surface area contributed by atoms with Gasteiger partial charge in [0.25, 0.3) is 0 Å². The maximum Gasteiger partial charge on any atom is 0.0976 e. The van der Waals surface area contributed by atoms with Crippen LogP contribution in [0.2, 0.25) is 0 Å². The summed E-state index contributed by atoms with van der Waals surface area (Å²) in [7, 11) is 1.96. The van der Waals surface area contributed by atoms with Crippen LogP contribution in [0, 0.1) is 11.3 Å². The smallest absolute Gasteiger partial charge is 0.0976 e. The molecule has 0 radical (unpaired) electrons. The lowest BCUT2D eigenvalue weighted by molar-refractivity contribution is 0.271. The molecule has 4 heteroatoms. The highest BCUT2D eigenvalue weighted by Gasteiger charge is 2.11. The summed E-state index contributed by atoms with van der Waals surface area (Å²) < 4.78 is 0. The van der Waals surface area contributed by atoms with Crippen molar-refractivity contribution in [2.45, 2.75) is 25.9 Å². The van der Waals surface area contributed by atoms with Crippen molar-refractivity contribution in [3.8, 4) is 6.07 Å². The topological polar surface area (TPSA) is 39.9 Å². The Hall–Kier alpha value is -0.920. The van der Waals surface area contributed by atoms with E-state index in [1.165, 1.54) is 0 Å². The van der Waals surface area contributed by atoms with Gasteiger partial charge in [0.1, 0.15) is 0 Å². The van der Waals surface area contributed by atoms with Crippen molar-refractivity contribution >= 4 is 11.3 Å². The van der Waals surface area contributed by atoms with Crippen LogP contribution >= 0.6 is 11.3 Å². The van der Waals surface area contributed by atoms with Crippen LogP contribution in [0.4, 0.5) is 0 Å². The number of nitriles is 1. The second-order valence-electron chi connectivity index (χ2n) is 2.95. The first-order valence-electron chi connectivity index (χ1n) is 4.24. The third-order valence-electron chi connectivity index (χ3n) is 1.96. The Morgan fingerprint density at radius 1 is 1.77 bits per heavy atom. The Kier molecular flexibility index (Phi) is 3.87. The van der Waals surface area contributed by atoms with E-state index in [0.29, 0.717) is 0 Å². The minimum absolute atomic E-state index is 0.00157. The van der Waals surface area contributed by atoms with E-state index in [0.717, 1.165) is 18.7 Å². The first kappa shape index (κ1) is 10.2. The van der Waals surface area contributed by atoms with Gasteiger partial charge in [0.05, 0.1) is 23.3 Å². The molecule has 0 aromatic carbocycles. The highest BCUT2D eigenvalue weighted by Crippen LogP contribution is 2.08. The van der Waals surface area contributed by atoms with Crippen molar-refractivity contribution in [1.82, 2.24) is 9.88 Å². The highest BCUT2D eigenvalue weighted by molar-refractivity contribution is 7.07. The molecular weight excluding hydrogens is 182 g/mol. The number of aromatic nitrogens is 1. The predicted molar refractivity (Wildman–Crippen MR) is 53.3 cm³/mol. The molecule has 3 nitrogen and oxygen atoms in total. The number of thiazole rings is 1. The number of nitrogens with zero attached hydrogens (tertiary/aromatic N) is 3. The van der Waals surface area contributed by atoms with Crippen LogP contribution in [0.15, 0.2) is 10.9 Å². The van der Waals surface area contributed by atoms with Gasteiger partial charge in [0, 0.05) is 11.9 Å². The largest absolute Gasteiger partial charge is 0.285 e. The van der Waals surface area contributed by atoms with Crippen LogP contribution < -0.4 is 0 Å². The average Bonchev–Trinajstić information content (AvgIpc) is 2.59. The summed E-state index contributed by atoms with van der Waals surface area (Å²) in [5, 5.41) is 10.8. The molecule has 0 saturated carbocycles. The molecule has 0 fully saturated rings. The molecule has 0 aliphatic heterocycles. The van der Waals surface area contributed by atoms with Crippen LogP contribution in [-0.2, 0) is 6.54 Å². The highest BCUT2D eigenvalue weighted by atomic mass is 32.1. The molecule has 0 aliphatic carbocycles. The molecule has 1 heterocycles. The predicted octanol–water partition coefficient (Wildman–Crippen LogP) is 1.88. The second-order valence-corrected chi connectivity index (χ2v) is 3.67. The Morgan fingerprint density at radius 3 is 3.00 bits per heavy atom. The van der Waals surface area contributed by atoms with Gasteiger partial charge in [0.2, 0.25) is 0 Å². The van der Waals surface area contributed by atoms with Crippen molar-refractivity contribution in [3.63, 3.8) is 0 Å². The van der Waals surface area contributed by atoms with Gasteiger partial charge in [-0.3, -0.25) is 4.90 Å². The van der Waals surface area contributed by atoms with Crippen LogP contribution in [0.5, 0.6) is 0 Å². The third-order valence-corrected chi connectivity index (χ3v) is 2.60. The SMILES string of the molecule is CCC(C#N)N(C)Cc1cscn1. The van der Waals surface area contributed by atoms with Gasteiger partial charge >= 0.3 is 0 Å². The number of hydrogen-bond acceptors (Lipinski definition) is 4. The van der Waals surface area contributed by atoms with E-state index < -0.39 is 0 Å². The van der Waals surface area contributed by atoms with Gasteiger partial charge < -0.3 is 0 Å². The molecule has 70 valence electrons. The van der Waals surface area contributed by atoms with Crippen molar-refractivity contribution in [1.29, 1.82) is 5.26 Å². The molecule has 0 bridgehead atoms. The summed E-state index contributed by atoms with van der Waals surface area (Å²) in [6, 6.07) is 2.27. The standard InChI is InChI=1S/C9H13N3S/c1-3-9(4-10)12(2)5-8-6-13-7-11-8/h6-7,9H,3,5H2,1-2H3. The molecule has 13 heavy (non-hydrogen) atoms. The van der Waals surface area contributed by atoms with Crippen LogP contribution in [0.1, 0.15) is 19.0 Å². The summed E-state index contributed by atoms with van der Waals surface area (Å²) in [6.45, 7) is 2.78. The molecule has 0 N–H and O–H groups in total. The van der Waals surface area contributed by atoms with Crippen LogP contribution in [0.3, 0.4) is 0 Å². The molecule has 0 saturated heterocycles. The monoisotopic (exact) mass is 195 g/mol. The van der Waals surface area contributed by atoms with E-state index in [1.54, 1.807) is 11.3 Å². The summed E-state index contributed by atoms with van der Waals surface area (Å²) >= 11 is 1.59. The van der Waals surface area contributed by atoms with Crippen molar-refractivity contribution in [2.24, 2.45) is 0 Å². The lowest BCUT2D eigenvalue weighted by atomic mass is 10.2. The molecule has 0 amide bonds. The molecule has 0 spiro atoms. The van der Waals surface area contributed by atoms with Crippen molar-refractivity contribution in [3.05, 3.63) is 16.6 Å².